The number of hydrogen-bond acceptors (Lipinski definition) is 1. The third-order valence-electron chi connectivity index (χ3n) is 3.39. The number of rotatable bonds is 6. The number of allylic oxidation sites excluding steroid dienone is 1. The van der Waals surface area contributed by atoms with Gasteiger partial charge in [-0.3, -0.25) is 0 Å². The maximum atomic E-state index is 10.9. The summed E-state index contributed by atoms with van der Waals surface area (Å²) < 4.78 is 0. The van der Waals surface area contributed by atoms with Crippen LogP contribution in [-0.2, 0) is 4.79 Å². The zero-order chi connectivity index (χ0) is 14.4. The van der Waals surface area contributed by atoms with E-state index in [1.54, 1.807) is 0 Å². The highest BCUT2D eigenvalue weighted by Crippen LogP contribution is 2.25. The Kier molecular flexibility index (Phi) is 5.81. The summed E-state index contributed by atoms with van der Waals surface area (Å²) in [5.74, 6) is 0.118. The lowest BCUT2D eigenvalue weighted by molar-refractivity contribution is -0.131. The largest absolute Gasteiger partial charge is 0.478 e. The fraction of sp³-hybridized carbons (Fsp3) is 0.471. The first-order valence-corrected chi connectivity index (χ1v) is 6.97. The predicted molar refractivity (Wildman–Crippen MR) is 80.2 cm³/mol. The minimum absolute atomic E-state index is 0.444. The second-order valence-corrected chi connectivity index (χ2v) is 5.54. The highest BCUT2D eigenvalue weighted by molar-refractivity contribution is 5.90. The van der Waals surface area contributed by atoms with Gasteiger partial charge < -0.3 is 5.11 Å². The number of carboxylic acids is 1. The van der Waals surface area contributed by atoms with Crippen molar-refractivity contribution in [1.29, 1.82) is 0 Å². The summed E-state index contributed by atoms with van der Waals surface area (Å²) in [5.41, 5.74) is 3.23. The van der Waals surface area contributed by atoms with Gasteiger partial charge in [0.1, 0.15) is 0 Å². The van der Waals surface area contributed by atoms with Crippen LogP contribution in [0, 0.1) is 5.92 Å². The Morgan fingerprint density at radius 2 is 1.79 bits per heavy atom. The van der Waals surface area contributed by atoms with Crippen molar-refractivity contribution in [3.8, 4) is 0 Å². The molecule has 0 saturated heterocycles. The molecule has 0 spiro atoms. The molecule has 0 aliphatic carbocycles. The number of carboxylic acid groups (broad SMARTS) is 1. The molecule has 0 saturated carbocycles. The fourth-order valence-corrected chi connectivity index (χ4v) is 2.11. The third kappa shape index (κ3) is 4.90. The van der Waals surface area contributed by atoms with E-state index in [9.17, 15) is 4.79 Å². The van der Waals surface area contributed by atoms with E-state index in [1.807, 2.05) is 12.1 Å². The summed E-state index contributed by atoms with van der Waals surface area (Å²) in [4.78, 5) is 10.9. The van der Waals surface area contributed by atoms with Gasteiger partial charge >= 0.3 is 5.97 Å². The molecule has 0 radical (unpaired) electrons. The molecule has 0 amide bonds. The quantitative estimate of drug-likeness (QED) is 0.752. The lowest BCUT2D eigenvalue weighted by Gasteiger charge is -2.13. The Morgan fingerprint density at radius 1 is 1.21 bits per heavy atom. The number of carbonyl (C=O) groups is 1. The third-order valence-corrected chi connectivity index (χ3v) is 3.39. The number of aliphatic carboxylic acids is 1. The van der Waals surface area contributed by atoms with Crippen molar-refractivity contribution in [2.45, 2.75) is 46.5 Å². The molecule has 104 valence electrons. The molecular formula is C17H24O2. The summed E-state index contributed by atoms with van der Waals surface area (Å²) in [6.45, 7) is 8.58. The van der Waals surface area contributed by atoms with Crippen LogP contribution in [0.15, 0.2) is 30.3 Å². The minimum Gasteiger partial charge on any atom is -0.478 e. The van der Waals surface area contributed by atoms with Gasteiger partial charge in [-0.2, -0.15) is 0 Å². The molecule has 1 atom stereocenters. The highest BCUT2D eigenvalue weighted by atomic mass is 16.4. The van der Waals surface area contributed by atoms with E-state index < -0.39 is 5.97 Å². The summed E-state index contributed by atoms with van der Waals surface area (Å²) in [7, 11) is 0. The van der Waals surface area contributed by atoms with Crippen LogP contribution in [0.25, 0.3) is 5.57 Å². The minimum atomic E-state index is -0.873. The van der Waals surface area contributed by atoms with Gasteiger partial charge in [0.2, 0.25) is 0 Å². The summed E-state index contributed by atoms with van der Waals surface area (Å²) in [5, 5.41) is 8.96. The average molecular weight is 260 g/mol. The first kappa shape index (κ1) is 15.5. The molecule has 1 N–H and O–H groups in total. The first-order valence-electron chi connectivity index (χ1n) is 6.97. The van der Waals surface area contributed by atoms with E-state index in [4.69, 9.17) is 5.11 Å². The monoisotopic (exact) mass is 260 g/mol. The molecule has 0 aliphatic heterocycles. The van der Waals surface area contributed by atoms with Gasteiger partial charge in [-0.25, -0.2) is 4.79 Å². The van der Waals surface area contributed by atoms with E-state index in [1.165, 1.54) is 11.6 Å². The number of benzene rings is 1. The van der Waals surface area contributed by atoms with E-state index in [0.29, 0.717) is 11.8 Å². The Labute approximate surface area is 116 Å². The molecule has 1 aromatic rings. The normalized spacial score (nSPS) is 13.6. The van der Waals surface area contributed by atoms with Crippen LogP contribution in [0.5, 0.6) is 0 Å². The van der Waals surface area contributed by atoms with E-state index in [-0.39, 0.29) is 0 Å². The van der Waals surface area contributed by atoms with E-state index >= 15 is 0 Å². The summed E-state index contributed by atoms with van der Waals surface area (Å²) in [6.07, 6.45) is 3.23. The SMILES string of the molecule is CCC(C)c1ccc(/C(=C/C(=O)O)CC(C)C)cc1. The Balaban J connectivity index is 3.00. The molecule has 2 nitrogen and oxygen atoms in total. The van der Waals surface area contributed by atoms with E-state index in [0.717, 1.165) is 24.0 Å². The van der Waals surface area contributed by atoms with Gasteiger partial charge in [0, 0.05) is 6.08 Å². The average Bonchev–Trinajstić information content (AvgIpc) is 2.36. The smallest absolute Gasteiger partial charge is 0.328 e. The van der Waals surface area contributed by atoms with Gasteiger partial charge in [-0.15, -0.1) is 0 Å². The lowest BCUT2D eigenvalue weighted by atomic mass is 9.92. The topological polar surface area (TPSA) is 37.3 Å². The van der Waals surface area contributed by atoms with E-state index in [2.05, 4.69) is 39.8 Å². The summed E-state index contributed by atoms with van der Waals surface area (Å²) in [6, 6.07) is 8.30. The van der Waals surface area contributed by atoms with Gasteiger partial charge in [0.15, 0.2) is 0 Å². The molecule has 1 rings (SSSR count). The molecular weight excluding hydrogens is 236 g/mol. The Hall–Kier alpha value is -1.57. The first-order chi connectivity index (χ1) is 8.93. The van der Waals surface area contributed by atoms with Crippen molar-refractivity contribution in [3.63, 3.8) is 0 Å². The van der Waals surface area contributed by atoms with Gasteiger partial charge in [-0.1, -0.05) is 52.0 Å². The zero-order valence-corrected chi connectivity index (χ0v) is 12.3. The van der Waals surface area contributed by atoms with Crippen LogP contribution in [-0.4, -0.2) is 11.1 Å². The van der Waals surface area contributed by atoms with Gasteiger partial charge in [0.25, 0.3) is 0 Å². The highest BCUT2D eigenvalue weighted by Gasteiger charge is 2.08. The van der Waals surface area contributed by atoms with Gasteiger partial charge in [0.05, 0.1) is 0 Å². The molecule has 0 heterocycles. The van der Waals surface area contributed by atoms with Crippen molar-refractivity contribution in [1.82, 2.24) is 0 Å². The molecule has 0 bridgehead atoms. The fourth-order valence-electron chi connectivity index (χ4n) is 2.11. The van der Waals surface area contributed by atoms with Crippen LogP contribution in [0.4, 0.5) is 0 Å². The maximum absolute atomic E-state index is 10.9. The maximum Gasteiger partial charge on any atom is 0.328 e. The molecule has 2 heteroatoms. The lowest BCUT2D eigenvalue weighted by Crippen LogP contribution is -1.98. The predicted octanol–water partition coefficient (Wildman–Crippen LogP) is 4.71. The van der Waals surface area contributed by atoms with Crippen LogP contribution >= 0.6 is 0 Å². The summed E-state index contributed by atoms with van der Waals surface area (Å²) >= 11 is 0. The van der Waals surface area contributed by atoms with Crippen molar-refractivity contribution < 1.29 is 9.90 Å². The molecule has 0 aromatic heterocycles. The number of hydrogen-bond donors (Lipinski definition) is 1. The second-order valence-electron chi connectivity index (χ2n) is 5.54. The standard InChI is InChI=1S/C17H24O2/c1-5-13(4)14-6-8-15(9-7-14)16(10-12(2)3)11-17(18)19/h6-9,11-13H,5,10H2,1-4H3,(H,18,19)/b16-11+. The molecule has 1 unspecified atom stereocenters. The molecule has 0 aliphatic rings. The van der Waals surface area contributed by atoms with Crippen LogP contribution in [0.2, 0.25) is 0 Å². The molecule has 1 aromatic carbocycles. The molecule has 0 fully saturated rings. The molecule has 19 heavy (non-hydrogen) atoms. The van der Waals surface area contributed by atoms with Crippen molar-refractivity contribution in [3.05, 3.63) is 41.5 Å². The van der Waals surface area contributed by atoms with Gasteiger partial charge in [-0.05, 0) is 41.4 Å². The zero-order valence-electron chi connectivity index (χ0n) is 12.3. The Morgan fingerprint density at radius 3 is 2.21 bits per heavy atom. The Bertz CT molecular complexity index is 441. The van der Waals surface area contributed by atoms with Crippen LogP contribution in [0.1, 0.15) is 57.6 Å². The van der Waals surface area contributed by atoms with Crippen molar-refractivity contribution >= 4 is 11.5 Å². The van der Waals surface area contributed by atoms with Crippen LogP contribution < -0.4 is 0 Å². The van der Waals surface area contributed by atoms with Crippen LogP contribution in [0.3, 0.4) is 0 Å². The van der Waals surface area contributed by atoms with Crippen molar-refractivity contribution in [2.75, 3.05) is 0 Å². The second kappa shape index (κ2) is 7.13. The van der Waals surface area contributed by atoms with Crippen molar-refractivity contribution in [2.24, 2.45) is 5.92 Å².